The van der Waals surface area contributed by atoms with Crippen molar-refractivity contribution >= 4 is 16.7 Å². The SMILES string of the molecule is CCOC1CCN(c2nc(-c3ccncc3)nc3ccccc23)CC1. The van der Waals surface area contributed by atoms with Gasteiger partial charge in [0.25, 0.3) is 0 Å². The number of fused-ring (bicyclic) bond motifs is 1. The summed E-state index contributed by atoms with van der Waals surface area (Å²) in [6.07, 6.45) is 6.00. The van der Waals surface area contributed by atoms with Crippen molar-refractivity contribution in [1.82, 2.24) is 15.0 Å². The van der Waals surface area contributed by atoms with Gasteiger partial charge in [0.15, 0.2) is 5.82 Å². The Bertz CT molecular complexity index is 845. The van der Waals surface area contributed by atoms with Gasteiger partial charge in [-0.15, -0.1) is 0 Å². The van der Waals surface area contributed by atoms with E-state index in [1.807, 2.05) is 24.3 Å². The zero-order valence-electron chi connectivity index (χ0n) is 14.4. The first-order chi connectivity index (χ1) is 12.3. The number of hydrogen-bond donors (Lipinski definition) is 0. The topological polar surface area (TPSA) is 51.1 Å². The molecule has 3 aromatic rings. The van der Waals surface area contributed by atoms with Crippen LogP contribution in [0.25, 0.3) is 22.3 Å². The lowest BCUT2D eigenvalue weighted by Crippen LogP contribution is -2.37. The number of ether oxygens (including phenoxy) is 1. The van der Waals surface area contributed by atoms with Gasteiger partial charge in [0.05, 0.1) is 11.6 Å². The van der Waals surface area contributed by atoms with Gasteiger partial charge in [-0.3, -0.25) is 4.98 Å². The predicted octanol–water partition coefficient (Wildman–Crippen LogP) is 3.70. The third-order valence-electron chi connectivity index (χ3n) is 4.67. The molecule has 1 aliphatic heterocycles. The number of aromatic nitrogens is 3. The fraction of sp³-hybridized carbons (Fsp3) is 0.350. The summed E-state index contributed by atoms with van der Waals surface area (Å²) in [5.41, 5.74) is 1.97. The van der Waals surface area contributed by atoms with E-state index in [0.717, 1.165) is 60.6 Å². The van der Waals surface area contributed by atoms with Crippen LogP contribution in [0.1, 0.15) is 19.8 Å². The van der Waals surface area contributed by atoms with Crippen LogP contribution in [0.15, 0.2) is 48.8 Å². The lowest BCUT2D eigenvalue weighted by Gasteiger charge is -2.33. The van der Waals surface area contributed by atoms with E-state index in [4.69, 9.17) is 14.7 Å². The third-order valence-corrected chi connectivity index (χ3v) is 4.67. The van der Waals surface area contributed by atoms with E-state index in [1.165, 1.54) is 0 Å². The molecule has 0 unspecified atom stereocenters. The summed E-state index contributed by atoms with van der Waals surface area (Å²) in [7, 11) is 0. The fourth-order valence-electron chi connectivity index (χ4n) is 3.40. The smallest absolute Gasteiger partial charge is 0.162 e. The highest BCUT2D eigenvalue weighted by atomic mass is 16.5. The zero-order valence-corrected chi connectivity index (χ0v) is 14.4. The molecule has 5 heteroatoms. The Morgan fingerprint density at radius 1 is 1.04 bits per heavy atom. The first kappa shape index (κ1) is 16.0. The van der Waals surface area contributed by atoms with Gasteiger partial charge in [-0.25, -0.2) is 9.97 Å². The normalized spacial score (nSPS) is 15.6. The molecular formula is C20H22N4O. The molecule has 1 aromatic carbocycles. The molecule has 0 N–H and O–H groups in total. The fourth-order valence-corrected chi connectivity index (χ4v) is 3.40. The molecule has 25 heavy (non-hydrogen) atoms. The number of piperidine rings is 1. The van der Waals surface area contributed by atoms with E-state index in [-0.39, 0.29) is 0 Å². The molecule has 0 saturated carbocycles. The van der Waals surface area contributed by atoms with E-state index in [1.54, 1.807) is 12.4 Å². The number of benzene rings is 1. The van der Waals surface area contributed by atoms with E-state index >= 15 is 0 Å². The second-order valence-corrected chi connectivity index (χ2v) is 6.27. The summed E-state index contributed by atoms with van der Waals surface area (Å²) in [6.45, 7) is 4.77. The minimum absolute atomic E-state index is 0.369. The van der Waals surface area contributed by atoms with Gasteiger partial charge in [-0.2, -0.15) is 0 Å². The van der Waals surface area contributed by atoms with Crippen molar-refractivity contribution in [2.75, 3.05) is 24.6 Å². The molecule has 5 nitrogen and oxygen atoms in total. The first-order valence-electron chi connectivity index (χ1n) is 8.89. The third kappa shape index (κ3) is 3.33. The van der Waals surface area contributed by atoms with E-state index < -0.39 is 0 Å². The van der Waals surface area contributed by atoms with Crippen LogP contribution in [-0.2, 0) is 4.74 Å². The maximum atomic E-state index is 5.78. The lowest BCUT2D eigenvalue weighted by atomic mass is 10.1. The van der Waals surface area contributed by atoms with Crippen LogP contribution in [0, 0.1) is 0 Å². The van der Waals surface area contributed by atoms with Crippen LogP contribution in [0.5, 0.6) is 0 Å². The van der Waals surface area contributed by atoms with Gasteiger partial charge in [-0.05, 0) is 44.0 Å². The molecule has 1 aliphatic rings. The maximum absolute atomic E-state index is 5.78. The zero-order chi connectivity index (χ0) is 17.1. The Kier molecular flexibility index (Phi) is 4.57. The molecule has 4 rings (SSSR count). The van der Waals surface area contributed by atoms with Crippen molar-refractivity contribution in [2.24, 2.45) is 0 Å². The van der Waals surface area contributed by atoms with Crippen molar-refractivity contribution < 1.29 is 4.74 Å². The highest BCUT2D eigenvalue weighted by molar-refractivity contribution is 5.91. The van der Waals surface area contributed by atoms with Gasteiger partial charge < -0.3 is 9.64 Å². The van der Waals surface area contributed by atoms with Crippen LogP contribution in [0.4, 0.5) is 5.82 Å². The summed E-state index contributed by atoms with van der Waals surface area (Å²) >= 11 is 0. The standard InChI is InChI=1S/C20H22N4O/c1-2-25-16-9-13-24(14-10-16)20-17-5-3-4-6-18(17)22-19(23-20)15-7-11-21-12-8-15/h3-8,11-12,16H,2,9-10,13-14H2,1H3. The van der Waals surface area contributed by atoms with E-state index in [9.17, 15) is 0 Å². The van der Waals surface area contributed by atoms with Crippen molar-refractivity contribution in [3.63, 3.8) is 0 Å². The highest BCUT2D eigenvalue weighted by Crippen LogP contribution is 2.29. The van der Waals surface area contributed by atoms with E-state index in [0.29, 0.717) is 6.10 Å². The maximum Gasteiger partial charge on any atom is 0.162 e. The lowest BCUT2D eigenvalue weighted by molar-refractivity contribution is 0.0459. The average molecular weight is 334 g/mol. The van der Waals surface area contributed by atoms with Gasteiger partial charge >= 0.3 is 0 Å². The Labute approximate surface area is 147 Å². The van der Waals surface area contributed by atoms with Crippen molar-refractivity contribution in [1.29, 1.82) is 0 Å². The first-order valence-corrected chi connectivity index (χ1v) is 8.89. The van der Waals surface area contributed by atoms with Crippen LogP contribution in [0.3, 0.4) is 0 Å². The Morgan fingerprint density at radius 2 is 1.80 bits per heavy atom. The highest BCUT2D eigenvalue weighted by Gasteiger charge is 2.22. The molecule has 1 saturated heterocycles. The molecule has 2 aromatic heterocycles. The number of hydrogen-bond acceptors (Lipinski definition) is 5. The summed E-state index contributed by atoms with van der Waals surface area (Å²) in [5.74, 6) is 1.77. The van der Waals surface area contributed by atoms with Crippen molar-refractivity contribution in [2.45, 2.75) is 25.9 Å². The van der Waals surface area contributed by atoms with Crippen LogP contribution in [0.2, 0.25) is 0 Å². The summed E-state index contributed by atoms with van der Waals surface area (Å²) in [6, 6.07) is 12.1. The monoisotopic (exact) mass is 334 g/mol. The minimum atomic E-state index is 0.369. The number of para-hydroxylation sites is 1. The summed E-state index contributed by atoms with van der Waals surface area (Å²) in [4.78, 5) is 16.1. The largest absolute Gasteiger partial charge is 0.378 e. The van der Waals surface area contributed by atoms with Gasteiger partial charge in [-0.1, -0.05) is 12.1 Å². The second kappa shape index (κ2) is 7.15. The van der Waals surface area contributed by atoms with Crippen LogP contribution < -0.4 is 4.90 Å². The molecule has 0 spiro atoms. The van der Waals surface area contributed by atoms with E-state index in [2.05, 4.69) is 28.9 Å². The van der Waals surface area contributed by atoms with Crippen molar-refractivity contribution in [3.8, 4) is 11.4 Å². The Balaban J connectivity index is 1.72. The molecule has 0 atom stereocenters. The van der Waals surface area contributed by atoms with Gasteiger partial charge in [0.1, 0.15) is 5.82 Å². The molecule has 128 valence electrons. The molecule has 0 aliphatic carbocycles. The Hall–Kier alpha value is -2.53. The Morgan fingerprint density at radius 3 is 2.56 bits per heavy atom. The van der Waals surface area contributed by atoms with Crippen LogP contribution >= 0.6 is 0 Å². The molecule has 0 bridgehead atoms. The quantitative estimate of drug-likeness (QED) is 0.728. The predicted molar refractivity (Wildman–Crippen MR) is 99.6 cm³/mol. The summed E-state index contributed by atoms with van der Waals surface area (Å²) in [5, 5.41) is 1.11. The van der Waals surface area contributed by atoms with Crippen molar-refractivity contribution in [3.05, 3.63) is 48.8 Å². The minimum Gasteiger partial charge on any atom is -0.378 e. The molecule has 0 amide bonds. The average Bonchev–Trinajstić information content (AvgIpc) is 2.69. The number of nitrogens with zero attached hydrogens (tertiary/aromatic N) is 4. The number of anilines is 1. The summed E-state index contributed by atoms with van der Waals surface area (Å²) < 4.78 is 5.78. The molecule has 0 radical (unpaired) electrons. The van der Waals surface area contributed by atoms with Gasteiger partial charge in [0.2, 0.25) is 0 Å². The second-order valence-electron chi connectivity index (χ2n) is 6.27. The molecule has 3 heterocycles. The molecular weight excluding hydrogens is 312 g/mol. The van der Waals surface area contributed by atoms with Gasteiger partial charge in [0, 0.05) is 43.0 Å². The number of pyridine rings is 1. The number of rotatable bonds is 4. The molecule has 1 fully saturated rings. The van der Waals surface area contributed by atoms with Crippen LogP contribution in [-0.4, -0.2) is 40.8 Å².